The van der Waals surface area contributed by atoms with Crippen LogP contribution in [0.2, 0.25) is 0 Å². The van der Waals surface area contributed by atoms with E-state index in [9.17, 15) is 13.7 Å². The van der Waals surface area contributed by atoms with Crippen molar-refractivity contribution in [1.82, 2.24) is 0 Å². The van der Waals surface area contributed by atoms with Gasteiger partial charge in [0.2, 0.25) is 0 Å². The summed E-state index contributed by atoms with van der Waals surface area (Å²) in [5.41, 5.74) is -0.109. The summed E-state index contributed by atoms with van der Waals surface area (Å²) in [6.45, 7) is 0. The van der Waals surface area contributed by atoms with Crippen LogP contribution in [-0.2, 0) is 15.3 Å². The molecule has 2 atom stereocenters. The lowest BCUT2D eigenvalue weighted by atomic mass is 9.98. The second-order valence-corrected chi connectivity index (χ2v) is 7.13. The Hall–Kier alpha value is -2.12. The second-order valence-electron chi connectivity index (χ2n) is 5.00. The van der Waals surface area contributed by atoms with E-state index >= 15 is 0 Å². The second kappa shape index (κ2) is 4.46. The van der Waals surface area contributed by atoms with Crippen molar-refractivity contribution >= 4 is 9.84 Å². The summed E-state index contributed by atoms with van der Waals surface area (Å²) < 4.78 is 25.2. The Morgan fingerprint density at radius 2 is 1.55 bits per heavy atom. The average molecular weight is 283 g/mol. The Bertz CT molecular complexity index is 763. The molecule has 1 fully saturated rings. The summed E-state index contributed by atoms with van der Waals surface area (Å²) in [5, 5.41) is 8.83. The minimum Gasteiger partial charge on any atom is -0.223 e. The van der Waals surface area contributed by atoms with Gasteiger partial charge >= 0.3 is 0 Å². The number of hydrogen-bond donors (Lipinski definition) is 0. The van der Waals surface area contributed by atoms with Gasteiger partial charge in [-0.05, 0) is 24.1 Å². The maximum Gasteiger partial charge on any atom is 0.183 e. The van der Waals surface area contributed by atoms with Crippen molar-refractivity contribution < 1.29 is 8.42 Å². The molecule has 0 spiro atoms. The molecule has 0 aromatic heterocycles. The van der Waals surface area contributed by atoms with Crippen LogP contribution < -0.4 is 0 Å². The molecule has 3 nitrogen and oxygen atoms in total. The van der Waals surface area contributed by atoms with E-state index in [1.165, 1.54) is 0 Å². The minimum atomic E-state index is -3.46. The first-order valence-corrected chi connectivity index (χ1v) is 7.91. The van der Waals surface area contributed by atoms with E-state index in [2.05, 4.69) is 6.07 Å². The summed E-state index contributed by atoms with van der Waals surface area (Å²) >= 11 is 0. The zero-order chi connectivity index (χ0) is 14.2. The smallest absolute Gasteiger partial charge is 0.183 e. The van der Waals surface area contributed by atoms with Gasteiger partial charge in [0.15, 0.2) is 9.84 Å². The quantitative estimate of drug-likeness (QED) is 0.870. The highest BCUT2D eigenvalue weighted by Crippen LogP contribution is 2.53. The van der Waals surface area contributed by atoms with Crippen LogP contribution in [0.25, 0.3) is 0 Å². The molecule has 1 aliphatic rings. The van der Waals surface area contributed by atoms with E-state index in [1.807, 2.05) is 30.3 Å². The van der Waals surface area contributed by atoms with E-state index in [1.54, 1.807) is 30.3 Å². The SMILES string of the molecule is N#C[C@@]1(c2ccccc2)C[C@H]1S(=O)(=O)c1ccccc1. The lowest BCUT2D eigenvalue weighted by Gasteiger charge is -2.09. The predicted molar refractivity (Wildman–Crippen MR) is 75.8 cm³/mol. The fraction of sp³-hybridized carbons (Fsp3) is 0.188. The fourth-order valence-corrected chi connectivity index (χ4v) is 4.67. The van der Waals surface area contributed by atoms with Gasteiger partial charge in [-0.25, -0.2) is 8.42 Å². The maximum absolute atomic E-state index is 12.6. The van der Waals surface area contributed by atoms with Gasteiger partial charge in [0.1, 0.15) is 5.41 Å². The van der Waals surface area contributed by atoms with Crippen molar-refractivity contribution in [2.75, 3.05) is 0 Å². The van der Waals surface area contributed by atoms with Gasteiger partial charge in [-0.1, -0.05) is 48.5 Å². The van der Waals surface area contributed by atoms with Crippen LogP contribution >= 0.6 is 0 Å². The Labute approximate surface area is 118 Å². The summed E-state index contributed by atoms with van der Waals surface area (Å²) in [6, 6.07) is 19.7. The van der Waals surface area contributed by atoms with E-state index in [0.717, 1.165) is 5.56 Å². The molecule has 100 valence electrons. The molecule has 0 saturated heterocycles. The predicted octanol–water partition coefficient (Wildman–Crippen LogP) is 2.69. The Morgan fingerprint density at radius 3 is 2.10 bits per heavy atom. The molecule has 1 aliphatic carbocycles. The van der Waals surface area contributed by atoms with Crippen LogP contribution in [0.5, 0.6) is 0 Å². The first kappa shape index (κ1) is 12.9. The molecule has 2 aromatic carbocycles. The van der Waals surface area contributed by atoms with Gasteiger partial charge in [0, 0.05) is 0 Å². The summed E-state index contributed by atoms with van der Waals surface area (Å²) in [5.74, 6) is 0. The first-order valence-electron chi connectivity index (χ1n) is 6.37. The van der Waals surface area contributed by atoms with Crippen LogP contribution in [0, 0.1) is 11.3 Å². The highest BCUT2D eigenvalue weighted by atomic mass is 32.2. The molecule has 2 aromatic rings. The molecule has 0 amide bonds. The average Bonchev–Trinajstić information content (AvgIpc) is 3.26. The third-order valence-electron chi connectivity index (χ3n) is 3.83. The number of hydrogen-bond acceptors (Lipinski definition) is 3. The summed E-state index contributed by atoms with van der Waals surface area (Å²) in [6.07, 6.45) is 0.366. The van der Waals surface area contributed by atoms with Crippen molar-refractivity contribution in [1.29, 1.82) is 5.26 Å². The molecule has 0 N–H and O–H groups in total. The summed E-state index contributed by atoms with van der Waals surface area (Å²) in [7, 11) is -3.46. The summed E-state index contributed by atoms with van der Waals surface area (Å²) in [4.78, 5) is 0.290. The molecule has 4 heteroatoms. The van der Waals surface area contributed by atoms with Crippen molar-refractivity contribution in [3.63, 3.8) is 0 Å². The largest absolute Gasteiger partial charge is 0.223 e. The zero-order valence-corrected chi connectivity index (χ0v) is 11.5. The van der Waals surface area contributed by atoms with E-state index in [4.69, 9.17) is 0 Å². The molecule has 0 unspecified atom stereocenters. The third-order valence-corrected chi connectivity index (χ3v) is 6.08. The topological polar surface area (TPSA) is 57.9 Å². The molecule has 20 heavy (non-hydrogen) atoms. The molecule has 1 saturated carbocycles. The van der Waals surface area contributed by atoms with Crippen LogP contribution in [-0.4, -0.2) is 13.7 Å². The van der Waals surface area contributed by atoms with Gasteiger partial charge < -0.3 is 0 Å². The number of rotatable bonds is 3. The van der Waals surface area contributed by atoms with E-state index < -0.39 is 20.5 Å². The van der Waals surface area contributed by atoms with E-state index in [0.29, 0.717) is 6.42 Å². The normalized spacial score (nSPS) is 24.9. The highest BCUT2D eigenvalue weighted by Gasteiger charge is 2.63. The standard InChI is InChI=1S/C16H13NO2S/c17-12-16(13-7-3-1-4-8-13)11-15(16)20(18,19)14-9-5-2-6-10-14/h1-10,15H,11H2/t15-,16-/m1/s1. The number of sulfone groups is 1. The Morgan fingerprint density at radius 1 is 1.00 bits per heavy atom. The number of nitriles is 1. The molecule has 0 bridgehead atoms. The lowest BCUT2D eigenvalue weighted by molar-refractivity contribution is 0.592. The van der Waals surface area contributed by atoms with Gasteiger partial charge in [0.05, 0.1) is 16.2 Å². The first-order chi connectivity index (χ1) is 9.61. The molecule has 0 radical (unpaired) electrons. The van der Waals surface area contributed by atoms with Crippen molar-refractivity contribution in [3.05, 3.63) is 66.2 Å². The molecular formula is C16H13NO2S. The lowest BCUT2D eigenvalue weighted by Crippen LogP contribution is -2.18. The van der Waals surface area contributed by atoms with Crippen molar-refractivity contribution in [2.24, 2.45) is 0 Å². The molecular weight excluding hydrogens is 270 g/mol. The van der Waals surface area contributed by atoms with Crippen LogP contribution in [0.15, 0.2) is 65.6 Å². The maximum atomic E-state index is 12.6. The third kappa shape index (κ3) is 1.83. The number of benzene rings is 2. The van der Waals surface area contributed by atoms with Crippen LogP contribution in [0.3, 0.4) is 0 Å². The monoisotopic (exact) mass is 283 g/mol. The Kier molecular flexibility index (Phi) is 2.88. The number of nitrogens with zero attached hydrogens (tertiary/aromatic N) is 1. The van der Waals surface area contributed by atoms with Crippen molar-refractivity contribution in [3.8, 4) is 6.07 Å². The van der Waals surface area contributed by atoms with E-state index in [-0.39, 0.29) is 4.90 Å². The minimum absolute atomic E-state index is 0.290. The van der Waals surface area contributed by atoms with Gasteiger partial charge in [-0.2, -0.15) is 5.26 Å². The van der Waals surface area contributed by atoms with Gasteiger partial charge in [0.25, 0.3) is 0 Å². The molecule has 3 rings (SSSR count). The van der Waals surface area contributed by atoms with Crippen LogP contribution in [0.1, 0.15) is 12.0 Å². The fourth-order valence-electron chi connectivity index (χ4n) is 2.60. The van der Waals surface area contributed by atoms with Gasteiger partial charge in [-0.3, -0.25) is 0 Å². The molecule has 0 heterocycles. The van der Waals surface area contributed by atoms with Crippen LogP contribution in [0.4, 0.5) is 0 Å². The zero-order valence-electron chi connectivity index (χ0n) is 10.7. The highest BCUT2D eigenvalue weighted by molar-refractivity contribution is 7.92. The molecule has 0 aliphatic heterocycles. The Balaban J connectivity index is 2.01. The van der Waals surface area contributed by atoms with Gasteiger partial charge in [-0.15, -0.1) is 0 Å². The van der Waals surface area contributed by atoms with Crippen molar-refractivity contribution in [2.45, 2.75) is 22.0 Å².